The number of methoxy groups -OCH3 is 1. The summed E-state index contributed by atoms with van der Waals surface area (Å²) in [4.78, 5) is 20.1. The number of ether oxygens (including phenoxy) is 2. The normalized spacial score (nSPS) is 22.6. The van der Waals surface area contributed by atoms with Crippen LogP contribution in [0.25, 0.3) is 0 Å². The molecule has 1 aromatic carbocycles. The van der Waals surface area contributed by atoms with Crippen LogP contribution in [0.3, 0.4) is 0 Å². The highest BCUT2D eigenvalue weighted by atomic mass is 16.5. The number of morpholine rings is 1. The Bertz CT molecular complexity index is 832. The largest absolute Gasteiger partial charge is 0.382 e. The Labute approximate surface area is 166 Å². The third kappa shape index (κ3) is 3.93. The molecule has 0 aliphatic carbocycles. The topological polar surface area (TPSA) is 57.8 Å². The zero-order chi connectivity index (χ0) is 19.4. The molecule has 2 aliphatic heterocycles. The molecule has 0 bridgehead atoms. The predicted octanol–water partition coefficient (Wildman–Crippen LogP) is 2.44. The molecule has 1 aromatic heterocycles. The van der Waals surface area contributed by atoms with Crippen molar-refractivity contribution in [3.63, 3.8) is 0 Å². The minimum Gasteiger partial charge on any atom is -0.382 e. The first-order chi connectivity index (χ1) is 13.7. The van der Waals surface area contributed by atoms with Crippen LogP contribution in [0.5, 0.6) is 0 Å². The third-order valence-corrected chi connectivity index (χ3v) is 5.87. The van der Waals surface area contributed by atoms with Crippen LogP contribution in [0, 0.1) is 0 Å². The molecular formula is C22H29N3O3. The smallest absolute Gasteiger partial charge is 0.251 e. The molecular weight excluding hydrogens is 354 g/mol. The van der Waals surface area contributed by atoms with E-state index in [0.717, 1.165) is 50.4 Å². The van der Waals surface area contributed by atoms with E-state index in [-0.39, 0.29) is 11.1 Å². The first kappa shape index (κ1) is 19.0. The van der Waals surface area contributed by atoms with Gasteiger partial charge >= 0.3 is 0 Å². The third-order valence-electron chi connectivity index (χ3n) is 5.87. The molecule has 6 nitrogen and oxygen atoms in total. The second-order valence-electron chi connectivity index (χ2n) is 7.76. The van der Waals surface area contributed by atoms with Crippen LogP contribution in [0.15, 0.2) is 47.3 Å². The van der Waals surface area contributed by atoms with Crippen LogP contribution in [0.2, 0.25) is 0 Å². The van der Waals surface area contributed by atoms with Gasteiger partial charge in [0.2, 0.25) is 0 Å². The Hall–Kier alpha value is -2.31. The number of pyridine rings is 1. The molecule has 0 saturated carbocycles. The molecule has 2 aromatic rings. The van der Waals surface area contributed by atoms with E-state index >= 15 is 0 Å². The van der Waals surface area contributed by atoms with Crippen molar-refractivity contribution in [1.29, 1.82) is 0 Å². The van der Waals surface area contributed by atoms with E-state index in [0.29, 0.717) is 19.8 Å². The lowest BCUT2D eigenvalue weighted by molar-refractivity contribution is 0.122. The van der Waals surface area contributed by atoms with Crippen molar-refractivity contribution in [2.24, 2.45) is 0 Å². The highest BCUT2D eigenvalue weighted by molar-refractivity contribution is 5.57. The molecule has 1 N–H and O–H groups in total. The van der Waals surface area contributed by atoms with E-state index in [1.165, 1.54) is 5.56 Å². The Balaban J connectivity index is 1.67. The fourth-order valence-corrected chi connectivity index (χ4v) is 4.61. The number of nitrogens with zero attached hydrogens (tertiary/aromatic N) is 2. The molecule has 150 valence electrons. The van der Waals surface area contributed by atoms with Crippen molar-refractivity contribution in [1.82, 2.24) is 4.98 Å². The van der Waals surface area contributed by atoms with Crippen molar-refractivity contribution in [2.75, 3.05) is 56.4 Å². The lowest BCUT2D eigenvalue weighted by Crippen LogP contribution is -2.50. The summed E-state index contributed by atoms with van der Waals surface area (Å²) in [6.07, 6.45) is 3.02. The summed E-state index contributed by atoms with van der Waals surface area (Å²) in [6, 6.07) is 14.4. The highest BCUT2D eigenvalue weighted by Gasteiger charge is 2.42. The summed E-state index contributed by atoms with van der Waals surface area (Å²) in [6.45, 7) is 4.58. The summed E-state index contributed by atoms with van der Waals surface area (Å²) in [5.74, 6) is 0.888. The number of aromatic amines is 1. The van der Waals surface area contributed by atoms with E-state index in [9.17, 15) is 4.79 Å². The van der Waals surface area contributed by atoms with Gasteiger partial charge in [-0.15, -0.1) is 0 Å². The molecule has 3 heterocycles. The average molecular weight is 383 g/mol. The number of hydrogen-bond acceptors (Lipinski definition) is 5. The molecule has 4 rings (SSSR count). The van der Waals surface area contributed by atoms with Gasteiger partial charge in [-0.25, -0.2) is 0 Å². The summed E-state index contributed by atoms with van der Waals surface area (Å²) >= 11 is 0. The molecule has 1 unspecified atom stereocenters. The maximum Gasteiger partial charge on any atom is 0.251 e. The van der Waals surface area contributed by atoms with Crippen molar-refractivity contribution >= 4 is 11.5 Å². The van der Waals surface area contributed by atoms with E-state index in [2.05, 4.69) is 45.1 Å². The molecule has 1 atom stereocenters. The zero-order valence-corrected chi connectivity index (χ0v) is 16.5. The molecule has 6 heteroatoms. The maximum absolute atomic E-state index is 12.5. The Kier molecular flexibility index (Phi) is 5.69. The summed E-state index contributed by atoms with van der Waals surface area (Å²) in [5, 5.41) is 0. The minimum atomic E-state index is -0.150. The number of anilines is 2. The Morgan fingerprint density at radius 2 is 1.93 bits per heavy atom. The first-order valence-electron chi connectivity index (χ1n) is 10.1. The van der Waals surface area contributed by atoms with Gasteiger partial charge < -0.3 is 24.3 Å². The van der Waals surface area contributed by atoms with E-state index in [1.54, 1.807) is 13.2 Å². The standard InChI is InChI=1S/C22H29N3O3/c1-27-17-22(16-18-6-3-2-4-7-18)8-5-9-25(22)20-14-19(15-21(26)23-20)24-10-12-28-13-11-24/h2-4,6-7,14-15H,5,8-13,16-17H2,1H3,(H,23,26). The Morgan fingerprint density at radius 1 is 1.14 bits per heavy atom. The molecule has 2 saturated heterocycles. The van der Waals surface area contributed by atoms with Gasteiger partial charge in [0, 0.05) is 44.6 Å². The minimum absolute atomic E-state index is 0.0584. The van der Waals surface area contributed by atoms with Gasteiger partial charge in [0.15, 0.2) is 0 Å². The van der Waals surface area contributed by atoms with Crippen LogP contribution in [-0.4, -0.2) is 57.1 Å². The number of rotatable bonds is 6. The summed E-state index contributed by atoms with van der Waals surface area (Å²) < 4.78 is 11.1. The zero-order valence-electron chi connectivity index (χ0n) is 16.5. The second kappa shape index (κ2) is 8.37. The molecule has 0 radical (unpaired) electrons. The predicted molar refractivity (Wildman–Crippen MR) is 111 cm³/mol. The van der Waals surface area contributed by atoms with Crippen LogP contribution < -0.4 is 15.4 Å². The van der Waals surface area contributed by atoms with Crippen molar-refractivity contribution in [2.45, 2.75) is 24.8 Å². The van der Waals surface area contributed by atoms with Crippen LogP contribution in [-0.2, 0) is 15.9 Å². The number of H-pyrrole nitrogens is 1. The average Bonchev–Trinajstić information content (AvgIpc) is 3.12. The highest BCUT2D eigenvalue weighted by Crippen LogP contribution is 2.37. The first-order valence-corrected chi connectivity index (χ1v) is 10.1. The van der Waals surface area contributed by atoms with Gasteiger partial charge in [-0.05, 0) is 24.8 Å². The van der Waals surface area contributed by atoms with E-state index in [4.69, 9.17) is 9.47 Å². The molecule has 0 amide bonds. The van der Waals surface area contributed by atoms with Gasteiger partial charge in [0.25, 0.3) is 5.56 Å². The summed E-state index contributed by atoms with van der Waals surface area (Å²) in [5.41, 5.74) is 2.05. The lowest BCUT2D eigenvalue weighted by Gasteiger charge is -2.40. The van der Waals surface area contributed by atoms with Crippen molar-refractivity contribution in [3.8, 4) is 0 Å². The fourth-order valence-electron chi connectivity index (χ4n) is 4.61. The maximum atomic E-state index is 12.5. The van der Waals surface area contributed by atoms with Gasteiger partial charge in [0.05, 0.1) is 25.4 Å². The number of benzene rings is 1. The van der Waals surface area contributed by atoms with Gasteiger partial charge in [-0.2, -0.15) is 0 Å². The van der Waals surface area contributed by atoms with Gasteiger partial charge in [-0.3, -0.25) is 4.79 Å². The molecule has 2 aliphatic rings. The van der Waals surface area contributed by atoms with Crippen molar-refractivity contribution < 1.29 is 9.47 Å². The van der Waals surface area contributed by atoms with Crippen LogP contribution >= 0.6 is 0 Å². The van der Waals surface area contributed by atoms with E-state index in [1.807, 2.05) is 6.07 Å². The lowest BCUT2D eigenvalue weighted by atomic mass is 9.88. The van der Waals surface area contributed by atoms with Crippen LogP contribution in [0.4, 0.5) is 11.5 Å². The number of hydrogen-bond donors (Lipinski definition) is 1. The quantitative estimate of drug-likeness (QED) is 0.830. The molecule has 28 heavy (non-hydrogen) atoms. The molecule has 2 fully saturated rings. The van der Waals surface area contributed by atoms with Crippen LogP contribution in [0.1, 0.15) is 18.4 Å². The second-order valence-corrected chi connectivity index (χ2v) is 7.76. The Morgan fingerprint density at radius 3 is 2.68 bits per heavy atom. The monoisotopic (exact) mass is 383 g/mol. The number of aromatic nitrogens is 1. The van der Waals surface area contributed by atoms with E-state index < -0.39 is 0 Å². The molecule has 0 spiro atoms. The van der Waals surface area contributed by atoms with Crippen molar-refractivity contribution in [3.05, 3.63) is 58.4 Å². The van der Waals surface area contributed by atoms with Gasteiger partial charge in [0.1, 0.15) is 5.82 Å². The summed E-state index contributed by atoms with van der Waals surface area (Å²) in [7, 11) is 1.76. The fraction of sp³-hybridized carbons (Fsp3) is 0.500. The van der Waals surface area contributed by atoms with Gasteiger partial charge in [-0.1, -0.05) is 30.3 Å². The SMILES string of the molecule is COCC1(Cc2ccccc2)CCCN1c1cc(N2CCOCC2)cc(=O)[nH]1. The number of nitrogens with one attached hydrogen (secondary N) is 1.